The summed E-state index contributed by atoms with van der Waals surface area (Å²) in [6.07, 6.45) is 1.60. The van der Waals surface area contributed by atoms with Crippen molar-refractivity contribution in [3.05, 3.63) is 68.0 Å². The minimum absolute atomic E-state index is 0.257. The van der Waals surface area contributed by atoms with E-state index in [1.165, 1.54) is 0 Å². The molecule has 0 aromatic heterocycles. The number of benzene rings is 2. The maximum atomic E-state index is 11.5. The van der Waals surface area contributed by atoms with Crippen molar-refractivity contribution in [2.75, 3.05) is 0 Å². The van der Waals surface area contributed by atoms with Crippen molar-refractivity contribution < 1.29 is 19.4 Å². The number of carbonyl (C=O) groups is 2. The Hall–Kier alpha value is 1.66. The molecule has 0 heterocycles. The normalized spacial score (nSPS) is 11.0. The van der Waals surface area contributed by atoms with Crippen LogP contribution in [0.3, 0.4) is 0 Å². The van der Waals surface area contributed by atoms with E-state index in [1.54, 1.807) is 19.9 Å². The smallest absolute Gasteiger partial charge is 0.338 e. The van der Waals surface area contributed by atoms with Crippen LogP contribution in [0.15, 0.2) is 62.5 Å². The molecule has 0 fully saturated rings. The lowest BCUT2D eigenvalue weighted by Gasteiger charge is -2.13. The van der Waals surface area contributed by atoms with Crippen molar-refractivity contribution in [2.24, 2.45) is 0 Å². The summed E-state index contributed by atoms with van der Waals surface area (Å²) >= 11 is 34.0. The number of carboxylic acids is 1. The summed E-state index contributed by atoms with van der Waals surface area (Å²) < 4.78 is 12.9. The highest BCUT2D eigenvalue weighted by Gasteiger charge is 2.21. The van der Waals surface area contributed by atoms with E-state index in [2.05, 4.69) is 166 Å². The quantitative estimate of drug-likeness (QED) is 0.109. The molecule has 4 nitrogen and oxygen atoms in total. The highest BCUT2D eigenvalue weighted by molar-refractivity contribution is 9.16. The fourth-order valence-electron chi connectivity index (χ4n) is 1.88. The van der Waals surface area contributed by atoms with Crippen LogP contribution in [0.25, 0.3) is 6.08 Å². The second kappa shape index (κ2) is 14.7. The first-order valence-electron chi connectivity index (χ1n) is 8.36. The molecule has 0 atom stereocenters. The van der Waals surface area contributed by atoms with E-state index in [0.717, 1.165) is 41.3 Å². The molecule has 2 rings (SSSR count). The van der Waals surface area contributed by atoms with Gasteiger partial charge in [-0.15, -0.1) is 0 Å². The Morgan fingerprint density at radius 2 is 1.00 bits per heavy atom. The number of aliphatic carboxylic acids is 1. The molecular weight excluding hydrogens is 1100 g/mol. The number of halogens is 10. The Morgan fingerprint density at radius 3 is 1.32 bits per heavy atom. The second-order valence-electron chi connectivity index (χ2n) is 6.18. The van der Waals surface area contributed by atoms with E-state index < -0.39 is 11.9 Å². The van der Waals surface area contributed by atoms with Gasteiger partial charge in [-0.3, -0.25) is 0 Å². The fourth-order valence-corrected chi connectivity index (χ4v) is 8.36. The standard InChI is InChI=1S/2C10H5Br5O2/c1-3(2)10(16)17-9-7(14)5(12)4(11)6(13)8(9)15;1-3(10(16)17)2-4-5(11)7(13)9(15)8(14)6(4)12/h1H2,2H3;2H,1H3,(H,16,17). The summed E-state index contributed by atoms with van der Waals surface area (Å²) in [5.74, 6) is -1.04. The predicted octanol–water partition coefficient (Wildman–Crippen LogP) is 12.0. The van der Waals surface area contributed by atoms with Crippen LogP contribution in [0.2, 0.25) is 0 Å². The largest absolute Gasteiger partial charge is 0.478 e. The molecular formula is C20H10Br10O4. The third-order valence-electron chi connectivity index (χ3n) is 3.65. The zero-order valence-electron chi connectivity index (χ0n) is 16.7. The summed E-state index contributed by atoms with van der Waals surface area (Å²) in [5, 5.41) is 8.89. The molecule has 0 aliphatic heterocycles. The Bertz CT molecular complexity index is 1160. The molecule has 0 saturated heterocycles. The third kappa shape index (κ3) is 8.33. The highest BCUT2D eigenvalue weighted by atomic mass is 79.9. The van der Waals surface area contributed by atoms with Gasteiger partial charge in [0, 0.05) is 43.5 Å². The molecule has 2 aromatic rings. The summed E-state index contributed by atoms with van der Waals surface area (Å²) in [4.78, 5) is 22.3. The van der Waals surface area contributed by atoms with Gasteiger partial charge in [0.2, 0.25) is 0 Å². The van der Waals surface area contributed by atoms with E-state index in [4.69, 9.17) is 9.84 Å². The van der Waals surface area contributed by atoms with E-state index in [0.29, 0.717) is 20.3 Å². The summed E-state index contributed by atoms with van der Waals surface area (Å²) in [7, 11) is 0. The molecule has 2 aromatic carbocycles. The van der Waals surface area contributed by atoms with Gasteiger partial charge in [0.05, 0.1) is 17.9 Å². The van der Waals surface area contributed by atoms with Gasteiger partial charge in [-0.2, -0.15) is 0 Å². The Labute approximate surface area is 280 Å². The summed E-state index contributed by atoms with van der Waals surface area (Å²) in [6.45, 7) is 6.67. The zero-order valence-corrected chi connectivity index (χ0v) is 32.6. The summed E-state index contributed by atoms with van der Waals surface area (Å²) in [6, 6.07) is 0. The van der Waals surface area contributed by atoms with E-state index in [-0.39, 0.29) is 5.57 Å². The SMILES string of the molecule is C=C(C)C(=O)Oc1c(Br)c(Br)c(Br)c(Br)c1Br.CC(=Cc1c(Br)c(Br)c(Br)c(Br)c1Br)C(=O)O. The minimum atomic E-state index is -0.945. The van der Waals surface area contributed by atoms with Crippen LogP contribution >= 0.6 is 159 Å². The lowest BCUT2D eigenvalue weighted by atomic mass is 10.1. The first kappa shape index (κ1) is 33.7. The Balaban J connectivity index is 0.000000340. The van der Waals surface area contributed by atoms with Gasteiger partial charge in [0.15, 0.2) is 5.75 Å². The van der Waals surface area contributed by atoms with Crippen molar-refractivity contribution in [3.63, 3.8) is 0 Å². The molecule has 0 radical (unpaired) electrons. The van der Waals surface area contributed by atoms with Crippen LogP contribution in [0.5, 0.6) is 5.75 Å². The number of carbonyl (C=O) groups excluding carboxylic acids is 1. The first-order valence-corrected chi connectivity index (χ1v) is 16.3. The molecule has 1 N–H and O–H groups in total. The topological polar surface area (TPSA) is 63.6 Å². The molecule has 0 saturated carbocycles. The van der Waals surface area contributed by atoms with Crippen molar-refractivity contribution >= 4 is 177 Å². The number of hydrogen-bond acceptors (Lipinski definition) is 3. The van der Waals surface area contributed by atoms with Crippen LogP contribution in [-0.4, -0.2) is 17.0 Å². The average molecular weight is 1110 g/mol. The van der Waals surface area contributed by atoms with Gasteiger partial charge in [0.1, 0.15) is 0 Å². The molecule has 34 heavy (non-hydrogen) atoms. The van der Waals surface area contributed by atoms with Crippen molar-refractivity contribution in [1.29, 1.82) is 0 Å². The van der Waals surface area contributed by atoms with E-state index >= 15 is 0 Å². The number of rotatable bonds is 4. The molecule has 0 unspecified atom stereocenters. The fraction of sp³-hybridized carbons (Fsp3) is 0.100. The van der Waals surface area contributed by atoms with Gasteiger partial charge in [0.25, 0.3) is 0 Å². The zero-order chi connectivity index (χ0) is 26.7. The average Bonchev–Trinajstić information content (AvgIpc) is 2.79. The lowest BCUT2D eigenvalue weighted by molar-refractivity contribution is -0.132. The minimum Gasteiger partial charge on any atom is -0.478 e. The number of carboxylic acid groups (broad SMARTS) is 1. The van der Waals surface area contributed by atoms with E-state index in [1.807, 2.05) is 0 Å². The number of hydrogen-bond donors (Lipinski definition) is 1. The second-order valence-corrected chi connectivity index (χ2v) is 14.1. The maximum Gasteiger partial charge on any atom is 0.338 e. The van der Waals surface area contributed by atoms with Gasteiger partial charge < -0.3 is 9.84 Å². The van der Waals surface area contributed by atoms with Gasteiger partial charge in [-0.1, -0.05) is 6.58 Å². The van der Waals surface area contributed by atoms with Gasteiger partial charge in [-0.05, 0) is 179 Å². The van der Waals surface area contributed by atoms with Crippen molar-refractivity contribution in [3.8, 4) is 5.75 Å². The van der Waals surface area contributed by atoms with Crippen molar-refractivity contribution in [2.45, 2.75) is 13.8 Å². The molecule has 0 amide bonds. The summed E-state index contributed by atoms with van der Waals surface area (Å²) in [5.41, 5.74) is 1.35. The van der Waals surface area contributed by atoms with Crippen LogP contribution in [-0.2, 0) is 9.59 Å². The van der Waals surface area contributed by atoms with E-state index in [9.17, 15) is 9.59 Å². The highest BCUT2D eigenvalue weighted by Crippen LogP contribution is 2.49. The molecule has 0 aliphatic carbocycles. The predicted molar refractivity (Wildman–Crippen MR) is 172 cm³/mol. The van der Waals surface area contributed by atoms with Crippen LogP contribution in [0, 0.1) is 0 Å². The molecule has 0 spiro atoms. The van der Waals surface area contributed by atoms with Crippen LogP contribution < -0.4 is 4.74 Å². The number of ether oxygens (including phenoxy) is 1. The Kier molecular flexibility index (Phi) is 14.6. The lowest BCUT2D eigenvalue weighted by Crippen LogP contribution is -2.09. The molecule has 0 bridgehead atoms. The van der Waals surface area contributed by atoms with Gasteiger partial charge in [-0.25, -0.2) is 9.59 Å². The van der Waals surface area contributed by atoms with Gasteiger partial charge >= 0.3 is 11.9 Å². The Morgan fingerprint density at radius 1 is 0.676 bits per heavy atom. The monoisotopic (exact) mass is 1100 g/mol. The van der Waals surface area contributed by atoms with Crippen LogP contribution in [0.1, 0.15) is 19.4 Å². The molecule has 0 aliphatic rings. The molecule has 14 heteroatoms. The number of esters is 1. The first-order chi connectivity index (χ1) is 15.5. The van der Waals surface area contributed by atoms with Crippen LogP contribution in [0.4, 0.5) is 0 Å². The molecule has 184 valence electrons. The third-order valence-corrected chi connectivity index (χ3v) is 15.8. The van der Waals surface area contributed by atoms with Crippen molar-refractivity contribution in [1.82, 2.24) is 0 Å². The maximum absolute atomic E-state index is 11.5.